The highest BCUT2D eigenvalue weighted by atomic mass is 35.5. The number of hydrogen-bond donors (Lipinski definition) is 1. The molecule has 0 aliphatic heterocycles. The van der Waals surface area contributed by atoms with E-state index in [1.165, 1.54) is 0 Å². The Morgan fingerprint density at radius 2 is 1.93 bits per heavy atom. The molecular weight excluding hydrogens is 237 g/mol. The van der Waals surface area contributed by atoms with E-state index in [1.807, 2.05) is 19.9 Å². The molecule has 0 saturated carbocycles. The fraction of sp³-hybridized carbons (Fsp3) is 0.375. The van der Waals surface area contributed by atoms with Crippen LogP contribution in [-0.2, 0) is 6.54 Å². The first-order chi connectivity index (χ1) is 6.20. The van der Waals surface area contributed by atoms with Gasteiger partial charge in [0.05, 0.1) is 6.54 Å². The van der Waals surface area contributed by atoms with Gasteiger partial charge < -0.3 is 5.73 Å². The van der Waals surface area contributed by atoms with Gasteiger partial charge in [0.25, 0.3) is 5.78 Å². The number of halogens is 2. The van der Waals surface area contributed by atoms with E-state index >= 15 is 0 Å². The van der Waals surface area contributed by atoms with Crippen LogP contribution < -0.4 is 5.73 Å². The quantitative estimate of drug-likeness (QED) is 0.821. The predicted molar refractivity (Wildman–Crippen MR) is 62.6 cm³/mol. The topological polar surface area (TPSA) is 69.1 Å². The molecule has 0 saturated heterocycles. The van der Waals surface area contributed by atoms with Crippen molar-refractivity contribution in [3.8, 4) is 0 Å². The fourth-order valence-corrected chi connectivity index (χ4v) is 1.29. The Bertz CT molecular complexity index is 453. The monoisotopic (exact) mass is 249 g/mol. The highest BCUT2D eigenvalue weighted by molar-refractivity contribution is 5.85. The lowest BCUT2D eigenvalue weighted by atomic mass is 10.4. The second-order valence-electron chi connectivity index (χ2n) is 2.98. The van der Waals surface area contributed by atoms with Gasteiger partial charge in [-0.15, -0.1) is 29.9 Å². The van der Waals surface area contributed by atoms with Gasteiger partial charge in [0.1, 0.15) is 0 Å². The van der Waals surface area contributed by atoms with E-state index in [2.05, 4.69) is 15.1 Å². The van der Waals surface area contributed by atoms with Gasteiger partial charge >= 0.3 is 0 Å². The zero-order valence-corrected chi connectivity index (χ0v) is 10.1. The largest absolute Gasteiger partial charge is 0.324 e. The van der Waals surface area contributed by atoms with Crippen molar-refractivity contribution in [2.75, 3.05) is 0 Å². The van der Waals surface area contributed by atoms with Gasteiger partial charge in [0, 0.05) is 11.4 Å². The molecule has 0 amide bonds. The second kappa shape index (κ2) is 5.25. The standard InChI is InChI=1S/C8H11N5.2ClH/c1-5-3-6(2)13-8(10-5)11-7(4-9)12-13;;/h3H,4,9H2,1-2H3;2*1H. The van der Waals surface area contributed by atoms with Crippen LogP contribution in [-0.4, -0.2) is 19.6 Å². The molecule has 0 fully saturated rings. The molecule has 15 heavy (non-hydrogen) atoms. The Morgan fingerprint density at radius 1 is 1.27 bits per heavy atom. The molecule has 0 aliphatic carbocycles. The Morgan fingerprint density at radius 3 is 2.53 bits per heavy atom. The molecule has 84 valence electrons. The van der Waals surface area contributed by atoms with Crippen molar-refractivity contribution in [1.82, 2.24) is 19.6 Å². The van der Waals surface area contributed by atoms with Crippen LogP contribution in [0, 0.1) is 13.8 Å². The maximum atomic E-state index is 5.44. The predicted octanol–water partition coefficient (Wildman–Crippen LogP) is 1.04. The Hall–Kier alpha value is -0.910. The third-order valence-corrected chi connectivity index (χ3v) is 1.84. The number of rotatable bonds is 1. The average molecular weight is 250 g/mol. The first-order valence-corrected chi connectivity index (χ1v) is 4.10. The van der Waals surface area contributed by atoms with Gasteiger partial charge in [-0.2, -0.15) is 4.98 Å². The summed E-state index contributed by atoms with van der Waals surface area (Å²) in [6, 6.07) is 1.96. The molecule has 0 radical (unpaired) electrons. The first-order valence-electron chi connectivity index (χ1n) is 4.10. The molecule has 5 nitrogen and oxygen atoms in total. The van der Waals surface area contributed by atoms with Crippen molar-refractivity contribution >= 4 is 30.6 Å². The molecule has 0 spiro atoms. The van der Waals surface area contributed by atoms with E-state index in [9.17, 15) is 0 Å². The molecule has 0 aromatic carbocycles. The summed E-state index contributed by atoms with van der Waals surface area (Å²) in [7, 11) is 0. The summed E-state index contributed by atoms with van der Waals surface area (Å²) in [6.45, 7) is 4.25. The van der Waals surface area contributed by atoms with E-state index < -0.39 is 0 Å². The summed E-state index contributed by atoms with van der Waals surface area (Å²) in [5.41, 5.74) is 7.40. The average Bonchev–Trinajstić information content (AvgIpc) is 2.47. The van der Waals surface area contributed by atoms with Crippen LogP contribution in [0.5, 0.6) is 0 Å². The second-order valence-corrected chi connectivity index (χ2v) is 2.98. The Kier molecular flexibility index (Phi) is 4.93. The summed E-state index contributed by atoms with van der Waals surface area (Å²) < 4.78 is 1.70. The van der Waals surface area contributed by atoms with E-state index in [1.54, 1.807) is 4.52 Å². The lowest BCUT2D eigenvalue weighted by Gasteiger charge is -1.97. The summed E-state index contributed by atoms with van der Waals surface area (Å²) in [4.78, 5) is 8.41. The third-order valence-electron chi connectivity index (χ3n) is 1.84. The van der Waals surface area contributed by atoms with Gasteiger partial charge in [-0.3, -0.25) is 0 Å². The lowest BCUT2D eigenvalue weighted by molar-refractivity contribution is 0.838. The van der Waals surface area contributed by atoms with Crippen molar-refractivity contribution in [3.63, 3.8) is 0 Å². The van der Waals surface area contributed by atoms with Gasteiger partial charge in [-0.25, -0.2) is 9.50 Å². The SMILES string of the molecule is Cc1cc(C)n2nc(CN)nc2n1.Cl.Cl. The summed E-state index contributed by atoms with van der Waals surface area (Å²) in [5, 5.41) is 4.19. The maximum Gasteiger partial charge on any atom is 0.252 e. The van der Waals surface area contributed by atoms with E-state index in [0.717, 1.165) is 11.4 Å². The number of fused-ring (bicyclic) bond motifs is 1. The van der Waals surface area contributed by atoms with Gasteiger partial charge in [0.2, 0.25) is 0 Å². The van der Waals surface area contributed by atoms with Crippen molar-refractivity contribution in [1.29, 1.82) is 0 Å². The highest BCUT2D eigenvalue weighted by Gasteiger charge is 2.05. The normalized spacial score (nSPS) is 9.53. The third kappa shape index (κ3) is 2.56. The summed E-state index contributed by atoms with van der Waals surface area (Å²) >= 11 is 0. The molecule has 2 N–H and O–H groups in total. The van der Waals surface area contributed by atoms with Crippen LogP contribution in [0.15, 0.2) is 6.07 Å². The Labute approximate surface area is 99.9 Å². The molecule has 0 unspecified atom stereocenters. The number of nitrogens with zero attached hydrogens (tertiary/aromatic N) is 4. The Balaban J connectivity index is 0.000000980. The zero-order valence-electron chi connectivity index (χ0n) is 8.47. The minimum Gasteiger partial charge on any atom is -0.324 e. The summed E-state index contributed by atoms with van der Waals surface area (Å²) in [5.74, 6) is 1.25. The molecule has 0 bridgehead atoms. The van der Waals surface area contributed by atoms with Crippen molar-refractivity contribution in [2.45, 2.75) is 20.4 Å². The molecular formula is C8H13Cl2N5. The zero-order chi connectivity index (χ0) is 9.42. The van der Waals surface area contributed by atoms with Crippen LogP contribution in [0.2, 0.25) is 0 Å². The van der Waals surface area contributed by atoms with Crippen molar-refractivity contribution < 1.29 is 0 Å². The summed E-state index contributed by atoms with van der Waals surface area (Å²) in [6.07, 6.45) is 0. The fourth-order valence-electron chi connectivity index (χ4n) is 1.29. The number of hydrogen-bond acceptors (Lipinski definition) is 4. The highest BCUT2D eigenvalue weighted by Crippen LogP contribution is 2.04. The first kappa shape index (κ1) is 14.1. The molecule has 2 rings (SSSR count). The van der Waals surface area contributed by atoms with Crippen molar-refractivity contribution in [2.24, 2.45) is 5.73 Å². The molecule has 0 atom stereocenters. The maximum absolute atomic E-state index is 5.44. The number of aromatic nitrogens is 4. The van der Waals surface area contributed by atoms with E-state index in [0.29, 0.717) is 18.1 Å². The smallest absolute Gasteiger partial charge is 0.252 e. The van der Waals surface area contributed by atoms with Gasteiger partial charge in [-0.05, 0) is 19.9 Å². The van der Waals surface area contributed by atoms with Crippen LogP contribution in [0.3, 0.4) is 0 Å². The van der Waals surface area contributed by atoms with Crippen LogP contribution in [0.25, 0.3) is 5.78 Å². The molecule has 0 aliphatic rings. The van der Waals surface area contributed by atoms with E-state index in [4.69, 9.17) is 5.73 Å². The minimum atomic E-state index is 0. The van der Waals surface area contributed by atoms with E-state index in [-0.39, 0.29) is 24.8 Å². The molecule has 2 heterocycles. The van der Waals surface area contributed by atoms with Crippen LogP contribution >= 0.6 is 24.8 Å². The molecule has 2 aromatic heterocycles. The van der Waals surface area contributed by atoms with Crippen LogP contribution in [0.4, 0.5) is 0 Å². The van der Waals surface area contributed by atoms with Gasteiger partial charge in [0.15, 0.2) is 5.82 Å². The minimum absolute atomic E-state index is 0. The lowest BCUT2D eigenvalue weighted by Crippen LogP contribution is -2.00. The molecule has 7 heteroatoms. The number of aryl methyl sites for hydroxylation is 2. The van der Waals surface area contributed by atoms with Crippen molar-refractivity contribution in [3.05, 3.63) is 23.3 Å². The van der Waals surface area contributed by atoms with Crippen LogP contribution in [0.1, 0.15) is 17.2 Å². The number of nitrogens with two attached hydrogens (primary N) is 1. The van der Waals surface area contributed by atoms with Gasteiger partial charge in [-0.1, -0.05) is 0 Å². The molecule has 2 aromatic rings.